The van der Waals surface area contributed by atoms with Gasteiger partial charge in [0.15, 0.2) is 0 Å². The van der Waals surface area contributed by atoms with Crippen LogP contribution in [0.4, 0.5) is 0 Å². The van der Waals surface area contributed by atoms with Crippen LogP contribution in [-0.4, -0.2) is 14.5 Å². The van der Waals surface area contributed by atoms with Crippen LogP contribution in [0.3, 0.4) is 0 Å². The van der Waals surface area contributed by atoms with Crippen LogP contribution in [0.2, 0.25) is 0 Å². The zero-order valence-corrected chi connectivity index (χ0v) is 11.7. The molecular weight excluding hydrogens is 266 g/mol. The number of para-hydroxylation sites is 1. The molecule has 1 N–H and O–H groups in total. The lowest BCUT2D eigenvalue weighted by atomic mass is 10.1. The van der Waals surface area contributed by atoms with E-state index in [1.165, 1.54) is 4.57 Å². The highest BCUT2D eigenvalue weighted by molar-refractivity contribution is 5.81. The second-order valence-electron chi connectivity index (χ2n) is 4.88. The number of H-pyrrole nitrogens is 1. The SMILES string of the molecule is CCc1cn(Cc2ccnc3ccccc23)c(=O)[nH]c1=O. The Morgan fingerprint density at radius 3 is 2.76 bits per heavy atom. The Labute approximate surface area is 120 Å². The average molecular weight is 281 g/mol. The van der Waals surface area contributed by atoms with Crippen LogP contribution in [-0.2, 0) is 13.0 Å². The lowest BCUT2D eigenvalue weighted by Gasteiger charge is -2.09. The molecule has 0 saturated heterocycles. The van der Waals surface area contributed by atoms with Crippen LogP contribution >= 0.6 is 0 Å². The summed E-state index contributed by atoms with van der Waals surface area (Å²) < 4.78 is 1.53. The van der Waals surface area contributed by atoms with E-state index in [2.05, 4.69) is 9.97 Å². The van der Waals surface area contributed by atoms with E-state index in [0.717, 1.165) is 16.5 Å². The van der Waals surface area contributed by atoms with Gasteiger partial charge < -0.3 is 0 Å². The smallest absolute Gasteiger partial charge is 0.296 e. The number of nitrogens with one attached hydrogen (secondary N) is 1. The Balaban J connectivity index is 2.11. The molecule has 0 amide bonds. The van der Waals surface area contributed by atoms with Crippen molar-refractivity contribution in [1.29, 1.82) is 0 Å². The molecule has 0 saturated carbocycles. The molecule has 3 rings (SSSR count). The summed E-state index contributed by atoms with van der Waals surface area (Å²) in [6.07, 6.45) is 3.96. The van der Waals surface area contributed by atoms with Gasteiger partial charge in [-0.25, -0.2) is 4.79 Å². The van der Waals surface area contributed by atoms with E-state index >= 15 is 0 Å². The Bertz CT molecular complexity index is 904. The second kappa shape index (κ2) is 5.36. The molecular formula is C16H15N3O2. The monoisotopic (exact) mass is 281 g/mol. The van der Waals surface area contributed by atoms with Gasteiger partial charge in [-0.2, -0.15) is 0 Å². The molecule has 0 aliphatic carbocycles. The van der Waals surface area contributed by atoms with E-state index in [1.807, 2.05) is 37.3 Å². The fraction of sp³-hybridized carbons (Fsp3) is 0.188. The van der Waals surface area contributed by atoms with Gasteiger partial charge in [-0.3, -0.25) is 19.3 Å². The number of aromatic nitrogens is 3. The van der Waals surface area contributed by atoms with Crippen molar-refractivity contribution in [3.63, 3.8) is 0 Å². The summed E-state index contributed by atoms with van der Waals surface area (Å²) >= 11 is 0. The van der Waals surface area contributed by atoms with Gasteiger partial charge in [-0.15, -0.1) is 0 Å². The first-order valence-electron chi connectivity index (χ1n) is 6.84. The van der Waals surface area contributed by atoms with Gasteiger partial charge in [0.1, 0.15) is 0 Å². The molecule has 0 aliphatic rings. The number of pyridine rings is 1. The third kappa shape index (κ3) is 2.50. The van der Waals surface area contributed by atoms with Crippen LogP contribution in [0.1, 0.15) is 18.1 Å². The van der Waals surface area contributed by atoms with Crippen molar-refractivity contribution in [2.24, 2.45) is 0 Å². The highest BCUT2D eigenvalue weighted by Crippen LogP contribution is 2.16. The molecule has 0 bridgehead atoms. The van der Waals surface area contributed by atoms with Crippen molar-refractivity contribution >= 4 is 10.9 Å². The summed E-state index contributed by atoms with van der Waals surface area (Å²) in [7, 11) is 0. The quantitative estimate of drug-likeness (QED) is 0.794. The van der Waals surface area contributed by atoms with Gasteiger partial charge >= 0.3 is 5.69 Å². The van der Waals surface area contributed by atoms with Gasteiger partial charge in [-0.1, -0.05) is 25.1 Å². The fourth-order valence-electron chi connectivity index (χ4n) is 2.40. The Morgan fingerprint density at radius 1 is 1.14 bits per heavy atom. The molecule has 2 aromatic heterocycles. The summed E-state index contributed by atoms with van der Waals surface area (Å²) in [6, 6.07) is 9.69. The number of aryl methyl sites for hydroxylation is 1. The van der Waals surface area contributed by atoms with E-state index in [1.54, 1.807) is 12.4 Å². The van der Waals surface area contributed by atoms with Crippen molar-refractivity contribution in [2.45, 2.75) is 19.9 Å². The molecule has 0 unspecified atom stereocenters. The molecule has 0 aliphatic heterocycles. The maximum absolute atomic E-state index is 11.9. The number of nitrogens with zero attached hydrogens (tertiary/aromatic N) is 2. The summed E-state index contributed by atoms with van der Waals surface area (Å²) in [6.45, 7) is 2.30. The van der Waals surface area contributed by atoms with Crippen LogP contribution in [0, 0.1) is 0 Å². The number of rotatable bonds is 3. The number of fused-ring (bicyclic) bond motifs is 1. The zero-order chi connectivity index (χ0) is 14.8. The van der Waals surface area contributed by atoms with Crippen LogP contribution < -0.4 is 11.2 Å². The standard InChI is InChI=1S/C16H15N3O2/c1-2-11-9-19(16(21)18-15(11)20)10-12-7-8-17-14-6-4-3-5-13(12)14/h3-9H,2,10H2,1H3,(H,18,20,21). The third-order valence-corrected chi connectivity index (χ3v) is 3.55. The minimum absolute atomic E-state index is 0.307. The molecule has 2 heterocycles. The number of benzene rings is 1. The van der Waals surface area contributed by atoms with E-state index in [4.69, 9.17) is 0 Å². The van der Waals surface area contributed by atoms with Gasteiger partial charge in [0.05, 0.1) is 12.1 Å². The number of hydrogen-bond donors (Lipinski definition) is 1. The highest BCUT2D eigenvalue weighted by Gasteiger charge is 2.06. The lowest BCUT2D eigenvalue weighted by Crippen LogP contribution is -2.31. The van der Waals surface area contributed by atoms with Crippen molar-refractivity contribution in [1.82, 2.24) is 14.5 Å². The molecule has 5 heteroatoms. The van der Waals surface area contributed by atoms with E-state index in [-0.39, 0.29) is 5.56 Å². The maximum Gasteiger partial charge on any atom is 0.328 e. The first-order valence-corrected chi connectivity index (χ1v) is 6.84. The van der Waals surface area contributed by atoms with Gasteiger partial charge in [0, 0.05) is 23.3 Å². The third-order valence-electron chi connectivity index (χ3n) is 3.55. The summed E-state index contributed by atoms with van der Waals surface area (Å²) in [4.78, 5) is 30.2. The zero-order valence-electron chi connectivity index (χ0n) is 11.7. The highest BCUT2D eigenvalue weighted by atomic mass is 16.2. The molecule has 3 aromatic rings. The van der Waals surface area contributed by atoms with Crippen LogP contribution in [0.5, 0.6) is 0 Å². The lowest BCUT2D eigenvalue weighted by molar-refractivity contribution is 0.710. The normalized spacial score (nSPS) is 10.9. The molecule has 21 heavy (non-hydrogen) atoms. The van der Waals surface area contributed by atoms with Gasteiger partial charge in [0.2, 0.25) is 0 Å². The second-order valence-corrected chi connectivity index (χ2v) is 4.88. The summed E-state index contributed by atoms with van der Waals surface area (Å²) in [5, 5.41) is 1.01. The minimum atomic E-state index is -0.391. The largest absolute Gasteiger partial charge is 0.328 e. The van der Waals surface area contributed by atoms with Gasteiger partial charge in [0.25, 0.3) is 5.56 Å². The molecule has 1 aromatic carbocycles. The molecule has 106 valence electrons. The first-order chi connectivity index (χ1) is 10.2. The Morgan fingerprint density at radius 2 is 1.95 bits per heavy atom. The fourth-order valence-corrected chi connectivity index (χ4v) is 2.40. The molecule has 0 atom stereocenters. The van der Waals surface area contributed by atoms with Gasteiger partial charge in [-0.05, 0) is 24.1 Å². The minimum Gasteiger partial charge on any atom is -0.296 e. The van der Waals surface area contributed by atoms with Crippen LogP contribution in [0.25, 0.3) is 10.9 Å². The topological polar surface area (TPSA) is 67.8 Å². The molecule has 0 fully saturated rings. The van der Waals surface area contributed by atoms with Crippen molar-refractivity contribution in [3.05, 3.63) is 74.7 Å². The number of aromatic amines is 1. The average Bonchev–Trinajstić information content (AvgIpc) is 2.50. The van der Waals surface area contributed by atoms with Crippen molar-refractivity contribution in [3.8, 4) is 0 Å². The Hall–Kier alpha value is -2.69. The molecule has 0 radical (unpaired) electrons. The molecule has 5 nitrogen and oxygen atoms in total. The first kappa shape index (κ1) is 13.3. The summed E-state index contributed by atoms with van der Waals surface area (Å²) in [5.74, 6) is 0. The maximum atomic E-state index is 11.9. The van der Waals surface area contributed by atoms with Crippen molar-refractivity contribution < 1.29 is 0 Å². The summed E-state index contributed by atoms with van der Waals surface area (Å²) in [5.41, 5.74) is 1.80. The van der Waals surface area contributed by atoms with E-state index in [0.29, 0.717) is 18.5 Å². The van der Waals surface area contributed by atoms with Crippen LogP contribution in [0.15, 0.2) is 52.3 Å². The predicted octanol–water partition coefficient (Wildman–Crippen LogP) is 1.70. The number of hydrogen-bond acceptors (Lipinski definition) is 3. The molecule has 0 spiro atoms. The Kier molecular flexibility index (Phi) is 3.39. The van der Waals surface area contributed by atoms with E-state index < -0.39 is 5.69 Å². The predicted molar refractivity (Wildman–Crippen MR) is 81.5 cm³/mol. The van der Waals surface area contributed by atoms with Crippen molar-refractivity contribution in [2.75, 3.05) is 0 Å². The van der Waals surface area contributed by atoms with E-state index in [9.17, 15) is 9.59 Å².